The van der Waals surface area contributed by atoms with Gasteiger partial charge in [-0.25, -0.2) is 0 Å². The predicted octanol–water partition coefficient (Wildman–Crippen LogP) is 4.26. The molecular formula is C17H25N3. The molecule has 1 aromatic carbocycles. The van der Waals surface area contributed by atoms with Crippen LogP contribution in [0.1, 0.15) is 49.3 Å². The molecule has 0 radical (unpaired) electrons. The van der Waals surface area contributed by atoms with Crippen LogP contribution in [0, 0.1) is 13.8 Å². The Bertz CT molecular complexity index is 584. The summed E-state index contributed by atoms with van der Waals surface area (Å²) in [7, 11) is 0. The summed E-state index contributed by atoms with van der Waals surface area (Å²) < 4.78 is 2.08. The number of anilines is 1. The van der Waals surface area contributed by atoms with Crippen molar-refractivity contribution in [3.05, 3.63) is 46.8 Å². The molecule has 0 spiro atoms. The first-order valence-electron chi connectivity index (χ1n) is 7.46. The van der Waals surface area contributed by atoms with Gasteiger partial charge in [0.05, 0.1) is 11.7 Å². The molecule has 3 heteroatoms. The molecule has 3 nitrogen and oxygen atoms in total. The van der Waals surface area contributed by atoms with E-state index in [1.807, 2.05) is 0 Å². The van der Waals surface area contributed by atoms with E-state index in [4.69, 9.17) is 0 Å². The lowest BCUT2D eigenvalue weighted by atomic mass is 10.0. The zero-order valence-electron chi connectivity index (χ0n) is 13.2. The molecule has 1 N–H and O–H groups in total. The number of nitrogens with one attached hydrogen (secondary N) is 1. The zero-order chi connectivity index (χ0) is 14.7. The number of aryl methyl sites for hydroxylation is 3. The SMILES string of the molecule is CCc1ccccc1NC(C)c1c(C)nn(CC)c1C. The molecule has 0 bridgehead atoms. The lowest BCUT2D eigenvalue weighted by Gasteiger charge is -2.18. The summed E-state index contributed by atoms with van der Waals surface area (Å²) in [6, 6.07) is 8.79. The Morgan fingerprint density at radius 1 is 1.20 bits per heavy atom. The summed E-state index contributed by atoms with van der Waals surface area (Å²) in [6.07, 6.45) is 1.04. The van der Waals surface area contributed by atoms with Crippen molar-refractivity contribution in [2.75, 3.05) is 5.32 Å². The first kappa shape index (κ1) is 14.6. The number of nitrogens with zero attached hydrogens (tertiary/aromatic N) is 2. The lowest BCUT2D eigenvalue weighted by Crippen LogP contribution is -2.10. The van der Waals surface area contributed by atoms with Crippen LogP contribution in [0.2, 0.25) is 0 Å². The van der Waals surface area contributed by atoms with Crippen LogP contribution < -0.4 is 5.32 Å². The zero-order valence-corrected chi connectivity index (χ0v) is 13.2. The van der Waals surface area contributed by atoms with Crippen LogP contribution >= 0.6 is 0 Å². The Hall–Kier alpha value is -1.77. The molecule has 2 rings (SSSR count). The summed E-state index contributed by atoms with van der Waals surface area (Å²) in [6.45, 7) is 11.7. The molecule has 0 aliphatic heterocycles. The third kappa shape index (κ3) is 2.72. The number of benzene rings is 1. The lowest BCUT2D eigenvalue weighted by molar-refractivity contribution is 0.632. The monoisotopic (exact) mass is 271 g/mol. The third-order valence-electron chi connectivity index (χ3n) is 3.94. The molecule has 0 saturated carbocycles. The van der Waals surface area contributed by atoms with E-state index in [9.17, 15) is 0 Å². The van der Waals surface area contributed by atoms with Crippen molar-refractivity contribution < 1.29 is 0 Å². The fraction of sp³-hybridized carbons (Fsp3) is 0.471. The maximum atomic E-state index is 4.61. The van der Waals surface area contributed by atoms with Crippen LogP contribution in [-0.2, 0) is 13.0 Å². The smallest absolute Gasteiger partial charge is 0.0649 e. The molecule has 0 aliphatic carbocycles. The Kier molecular flexibility index (Phi) is 4.48. The van der Waals surface area contributed by atoms with Gasteiger partial charge in [0.15, 0.2) is 0 Å². The summed E-state index contributed by atoms with van der Waals surface area (Å²) in [5, 5.41) is 8.25. The topological polar surface area (TPSA) is 29.9 Å². The van der Waals surface area contributed by atoms with Crippen molar-refractivity contribution in [1.82, 2.24) is 9.78 Å². The van der Waals surface area contributed by atoms with Gasteiger partial charge in [0, 0.05) is 23.5 Å². The number of para-hydroxylation sites is 1. The fourth-order valence-electron chi connectivity index (χ4n) is 2.92. The number of hydrogen-bond acceptors (Lipinski definition) is 2. The largest absolute Gasteiger partial charge is 0.378 e. The molecule has 0 fully saturated rings. The van der Waals surface area contributed by atoms with Crippen molar-refractivity contribution in [2.24, 2.45) is 0 Å². The maximum Gasteiger partial charge on any atom is 0.0649 e. The second-order valence-corrected chi connectivity index (χ2v) is 5.28. The number of hydrogen-bond donors (Lipinski definition) is 1. The molecule has 108 valence electrons. The molecule has 1 atom stereocenters. The van der Waals surface area contributed by atoms with Crippen LogP contribution in [0.4, 0.5) is 5.69 Å². The van der Waals surface area contributed by atoms with E-state index in [0.29, 0.717) is 0 Å². The average molecular weight is 271 g/mol. The first-order chi connectivity index (χ1) is 9.58. The average Bonchev–Trinajstić information content (AvgIpc) is 2.73. The second-order valence-electron chi connectivity index (χ2n) is 5.28. The van der Waals surface area contributed by atoms with Crippen LogP contribution in [0.15, 0.2) is 24.3 Å². The molecule has 1 aromatic heterocycles. The molecule has 0 saturated heterocycles. The summed E-state index contributed by atoms with van der Waals surface area (Å²) in [5.74, 6) is 0. The molecule has 2 aromatic rings. The van der Waals surface area contributed by atoms with Gasteiger partial charge in [-0.2, -0.15) is 5.10 Å². The highest BCUT2D eigenvalue weighted by Gasteiger charge is 2.17. The highest BCUT2D eigenvalue weighted by molar-refractivity contribution is 5.53. The molecule has 20 heavy (non-hydrogen) atoms. The minimum Gasteiger partial charge on any atom is -0.378 e. The van der Waals surface area contributed by atoms with Gasteiger partial charge in [-0.1, -0.05) is 25.1 Å². The van der Waals surface area contributed by atoms with Crippen LogP contribution in [0.3, 0.4) is 0 Å². The minimum absolute atomic E-state index is 0.267. The Morgan fingerprint density at radius 2 is 1.90 bits per heavy atom. The Morgan fingerprint density at radius 3 is 2.50 bits per heavy atom. The van der Waals surface area contributed by atoms with E-state index in [1.54, 1.807) is 0 Å². The Balaban J connectivity index is 2.28. The van der Waals surface area contributed by atoms with Gasteiger partial charge in [0.2, 0.25) is 0 Å². The van der Waals surface area contributed by atoms with E-state index in [1.165, 1.54) is 22.5 Å². The van der Waals surface area contributed by atoms with Crippen LogP contribution in [-0.4, -0.2) is 9.78 Å². The van der Waals surface area contributed by atoms with E-state index >= 15 is 0 Å². The predicted molar refractivity (Wildman–Crippen MR) is 85.2 cm³/mol. The third-order valence-corrected chi connectivity index (χ3v) is 3.94. The van der Waals surface area contributed by atoms with E-state index in [0.717, 1.165) is 18.7 Å². The van der Waals surface area contributed by atoms with Gasteiger partial charge in [-0.15, -0.1) is 0 Å². The van der Waals surface area contributed by atoms with Crippen LogP contribution in [0.5, 0.6) is 0 Å². The van der Waals surface area contributed by atoms with Gasteiger partial charge >= 0.3 is 0 Å². The maximum absolute atomic E-state index is 4.61. The van der Waals surface area contributed by atoms with Crippen molar-refractivity contribution in [1.29, 1.82) is 0 Å². The summed E-state index contributed by atoms with van der Waals surface area (Å²) in [4.78, 5) is 0. The summed E-state index contributed by atoms with van der Waals surface area (Å²) >= 11 is 0. The van der Waals surface area contributed by atoms with Crippen LogP contribution in [0.25, 0.3) is 0 Å². The highest BCUT2D eigenvalue weighted by atomic mass is 15.3. The molecule has 1 unspecified atom stereocenters. The van der Waals surface area contributed by atoms with E-state index < -0.39 is 0 Å². The second kappa shape index (κ2) is 6.12. The minimum atomic E-state index is 0.267. The van der Waals surface area contributed by atoms with Gasteiger partial charge in [-0.05, 0) is 45.7 Å². The fourth-order valence-corrected chi connectivity index (χ4v) is 2.92. The number of aromatic nitrogens is 2. The van der Waals surface area contributed by atoms with Gasteiger partial charge in [0.25, 0.3) is 0 Å². The first-order valence-corrected chi connectivity index (χ1v) is 7.46. The molecule has 1 heterocycles. The standard InChI is InChI=1S/C17H25N3/c1-6-15-10-8-9-11-16(15)18-12(3)17-13(4)19-20(7-2)14(17)5/h8-12,18H,6-7H2,1-5H3. The Labute approximate surface area is 122 Å². The molecule has 0 amide bonds. The molecule has 0 aliphatic rings. The van der Waals surface area contributed by atoms with Crippen molar-refractivity contribution in [3.63, 3.8) is 0 Å². The number of rotatable bonds is 5. The van der Waals surface area contributed by atoms with E-state index in [-0.39, 0.29) is 6.04 Å². The van der Waals surface area contributed by atoms with Gasteiger partial charge in [0.1, 0.15) is 0 Å². The van der Waals surface area contributed by atoms with Gasteiger partial charge < -0.3 is 5.32 Å². The molecular weight excluding hydrogens is 246 g/mol. The van der Waals surface area contributed by atoms with Crippen molar-refractivity contribution >= 4 is 5.69 Å². The quantitative estimate of drug-likeness (QED) is 0.880. The summed E-state index contributed by atoms with van der Waals surface area (Å²) in [5.41, 5.74) is 6.29. The van der Waals surface area contributed by atoms with Crippen molar-refractivity contribution in [2.45, 2.75) is 53.6 Å². The normalized spacial score (nSPS) is 12.4. The highest BCUT2D eigenvalue weighted by Crippen LogP contribution is 2.27. The van der Waals surface area contributed by atoms with Gasteiger partial charge in [-0.3, -0.25) is 4.68 Å². The van der Waals surface area contributed by atoms with E-state index in [2.05, 4.69) is 74.0 Å². The van der Waals surface area contributed by atoms with Crippen molar-refractivity contribution in [3.8, 4) is 0 Å².